The van der Waals surface area contributed by atoms with Crippen molar-refractivity contribution in [2.75, 3.05) is 6.61 Å². The van der Waals surface area contributed by atoms with Crippen LogP contribution in [0.25, 0.3) is 0 Å². The average molecular weight is 130 g/mol. The minimum Gasteiger partial charge on any atom is -0.396 e. The summed E-state index contributed by atoms with van der Waals surface area (Å²) in [5.74, 6) is 1.47. The van der Waals surface area contributed by atoms with Gasteiger partial charge in [-0.2, -0.15) is 0 Å². The predicted octanol–water partition coefficient (Wildman–Crippen LogP) is -0.492. The molecule has 0 aliphatic heterocycles. The summed E-state index contributed by atoms with van der Waals surface area (Å²) in [4.78, 5) is 9.58. The van der Waals surface area contributed by atoms with Crippen molar-refractivity contribution >= 4 is 5.94 Å². The molecule has 0 saturated heterocycles. The Hall–Kier alpha value is -0.630. The van der Waals surface area contributed by atoms with Gasteiger partial charge in [0.2, 0.25) is 0 Å². The Kier molecular flexibility index (Phi) is 5.12. The van der Waals surface area contributed by atoms with Crippen LogP contribution >= 0.6 is 0 Å². The minimum absolute atomic E-state index is 0.0454. The standard InChI is InChI=1S/C6H10O3/c7-4-1-2-6(9)3-5-8/h3,6-7,9H,1-2,4H2. The molecule has 1 unspecified atom stereocenters. The zero-order valence-corrected chi connectivity index (χ0v) is 5.08. The average Bonchev–Trinajstić information content (AvgIpc) is 1.85. The molecule has 0 aromatic carbocycles. The zero-order chi connectivity index (χ0) is 7.11. The molecule has 0 spiro atoms. The first kappa shape index (κ1) is 8.37. The molecule has 0 fully saturated rings. The van der Waals surface area contributed by atoms with Crippen molar-refractivity contribution in [1.29, 1.82) is 0 Å². The fourth-order valence-corrected chi connectivity index (χ4v) is 0.462. The number of aliphatic hydroxyl groups excluding tert-OH is 2. The van der Waals surface area contributed by atoms with Crippen LogP contribution in [-0.4, -0.2) is 28.9 Å². The molecule has 0 bridgehead atoms. The first-order chi connectivity index (χ1) is 4.31. The van der Waals surface area contributed by atoms with Gasteiger partial charge in [0.05, 0.1) is 6.10 Å². The molecule has 0 heterocycles. The van der Waals surface area contributed by atoms with Crippen molar-refractivity contribution in [1.82, 2.24) is 0 Å². The number of aliphatic hydroxyl groups is 2. The normalized spacial score (nSPS) is 12.2. The SMILES string of the molecule is O=C=CC(O)CCCO. The molecular formula is C6H10O3. The lowest BCUT2D eigenvalue weighted by molar-refractivity contribution is 0.191. The third kappa shape index (κ3) is 5.24. The van der Waals surface area contributed by atoms with Crippen LogP contribution in [-0.2, 0) is 4.79 Å². The maximum Gasteiger partial charge on any atom is 0.122 e. The van der Waals surface area contributed by atoms with Gasteiger partial charge in [0, 0.05) is 12.7 Å². The Morgan fingerprint density at radius 2 is 2.33 bits per heavy atom. The Balaban J connectivity index is 3.26. The summed E-state index contributed by atoms with van der Waals surface area (Å²) in [6.45, 7) is 0.0454. The number of carbonyl (C=O) groups excluding carboxylic acids is 1. The second kappa shape index (κ2) is 5.51. The van der Waals surface area contributed by atoms with Crippen molar-refractivity contribution in [2.24, 2.45) is 0 Å². The highest BCUT2D eigenvalue weighted by atomic mass is 16.3. The van der Waals surface area contributed by atoms with Gasteiger partial charge >= 0.3 is 0 Å². The lowest BCUT2D eigenvalue weighted by atomic mass is 10.2. The minimum atomic E-state index is -0.741. The molecule has 0 aliphatic carbocycles. The summed E-state index contributed by atoms with van der Waals surface area (Å²) < 4.78 is 0. The summed E-state index contributed by atoms with van der Waals surface area (Å²) in [5.41, 5.74) is 0. The molecule has 0 aromatic heterocycles. The topological polar surface area (TPSA) is 57.5 Å². The van der Waals surface area contributed by atoms with Gasteiger partial charge in [-0.25, -0.2) is 4.79 Å². The summed E-state index contributed by atoms with van der Waals surface area (Å²) in [6, 6.07) is 0. The first-order valence-corrected chi connectivity index (χ1v) is 2.81. The van der Waals surface area contributed by atoms with E-state index >= 15 is 0 Å². The Bertz CT molecular complexity index is 105. The summed E-state index contributed by atoms with van der Waals surface area (Å²) >= 11 is 0. The molecule has 1 atom stereocenters. The number of hydrogen-bond acceptors (Lipinski definition) is 3. The molecule has 0 radical (unpaired) electrons. The van der Waals surface area contributed by atoms with Gasteiger partial charge in [-0.15, -0.1) is 0 Å². The van der Waals surface area contributed by atoms with Crippen LogP contribution in [0.4, 0.5) is 0 Å². The molecule has 3 heteroatoms. The van der Waals surface area contributed by atoms with Crippen LogP contribution in [0.1, 0.15) is 12.8 Å². The van der Waals surface area contributed by atoms with Gasteiger partial charge in [-0.3, -0.25) is 0 Å². The highest BCUT2D eigenvalue weighted by molar-refractivity contribution is 5.45. The van der Waals surface area contributed by atoms with E-state index in [1.165, 1.54) is 5.94 Å². The first-order valence-electron chi connectivity index (χ1n) is 2.81. The fraction of sp³-hybridized carbons (Fsp3) is 0.667. The second-order valence-electron chi connectivity index (χ2n) is 1.72. The molecule has 0 amide bonds. The van der Waals surface area contributed by atoms with E-state index in [4.69, 9.17) is 10.2 Å². The highest BCUT2D eigenvalue weighted by Gasteiger charge is 1.96. The Morgan fingerprint density at radius 3 is 2.78 bits per heavy atom. The van der Waals surface area contributed by atoms with E-state index in [9.17, 15) is 4.79 Å². The van der Waals surface area contributed by atoms with E-state index in [1.807, 2.05) is 0 Å². The van der Waals surface area contributed by atoms with Crippen LogP contribution in [0.3, 0.4) is 0 Å². The van der Waals surface area contributed by atoms with Crippen molar-refractivity contribution in [3.8, 4) is 0 Å². The summed E-state index contributed by atoms with van der Waals surface area (Å²) in [6.07, 6.45) is 1.23. The molecule has 2 N–H and O–H groups in total. The number of hydrogen-bond donors (Lipinski definition) is 2. The number of rotatable bonds is 4. The Morgan fingerprint density at radius 1 is 1.67 bits per heavy atom. The van der Waals surface area contributed by atoms with E-state index in [2.05, 4.69) is 0 Å². The lowest BCUT2D eigenvalue weighted by Gasteiger charge is -1.98. The van der Waals surface area contributed by atoms with Gasteiger partial charge < -0.3 is 10.2 Å². The Labute approximate surface area is 53.6 Å². The third-order valence-corrected chi connectivity index (χ3v) is 0.918. The van der Waals surface area contributed by atoms with Gasteiger partial charge in [-0.05, 0) is 12.8 Å². The summed E-state index contributed by atoms with van der Waals surface area (Å²) in [7, 11) is 0. The molecule has 3 nitrogen and oxygen atoms in total. The molecule has 0 rings (SSSR count). The van der Waals surface area contributed by atoms with Crippen molar-refractivity contribution in [2.45, 2.75) is 18.9 Å². The molecule has 0 saturated carbocycles. The molecule has 52 valence electrons. The molecule has 0 aliphatic rings. The largest absolute Gasteiger partial charge is 0.396 e. The second-order valence-corrected chi connectivity index (χ2v) is 1.72. The molecular weight excluding hydrogens is 120 g/mol. The zero-order valence-electron chi connectivity index (χ0n) is 5.08. The van der Waals surface area contributed by atoms with Gasteiger partial charge in [-0.1, -0.05) is 0 Å². The van der Waals surface area contributed by atoms with Gasteiger partial charge in [0.1, 0.15) is 5.94 Å². The van der Waals surface area contributed by atoms with Crippen LogP contribution in [0.15, 0.2) is 6.08 Å². The third-order valence-electron chi connectivity index (χ3n) is 0.918. The fourth-order valence-electron chi connectivity index (χ4n) is 0.462. The van der Waals surface area contributed by atoms with Crippen LogP contribution < -0.4 is 0 Å². The predicted molar refractivity (Wildman–Crippen MR) is 32.6 cm³/mol. The van der Waals surface area contributed by atoms with E-state index in [-0.39, 0.29) is 6.61 Å². The van der Waals surface area contributed by atoms with Crippen LogP contribution in [0.5, 0.6) is 0 Å². The van der Waals surface area contributed by atoms with Gasteiger partial charge in [0.25, 0.3) is 0 Å². The van der Waals surface area contributed by atoms with E-state index in [0.717, 1.165) is 6.08 Å². The van der Waals surface area contributed by atoms with Crippen molar-refractivity contribution < 1.29 is 15.0 Å². The van der Waals surface area contributed by atoms with E-state index in [1.54, 1.807) is 0 Å². The monoisotopic (exact) mass is 130 g/mol. The van der Waals surface area contributed by atoms with Crippen molar-refractivity contribution in [3.63, 3.8) is 0 Å². The van der Waals surface area contributed by atoms with Gasteiger partial charge in [0.15, 0.2) is 0 Å². The van der Waals surface area contributed by atoms with E-state index < -0.39 is 6.10 Å². The quantitative estimate of drug-likeness (QED) is 0.505. The van der Waals surface area contributed by atoms with E-state index in [0.29, 0.717) is 12.8 Å². The maximum atomic E-state index is 9.58. The highest BCUT2D eigenvalue weighted by Crippen LogP contribution is 1.94. The lowest BCUT2D eigenvalue weighted by Crippen LogP contribution is -2.02. The molecule has 0 aromatic rings. The summed E-state index contributed by atoms with van der Waals surface area (Å²) in [5, 5.41) is 17.0. The van der Waals surface area contributed by atoms with Crippen LogP contribution in [0.2, 0.25) is 0 Å². The van der Waals surface area contributed by atoms with Crippen LogP contribution in [0, 0.1) is 0 Å². The maximum absolute atomic E-state index is 9.58. The molecule has 9 heavy (non-hydrogen) atoms. The smallest absolute Gasteiger partial charge is 0.122 e. The van der Waals surface area contributed by atoms with Crippen molar-refractivity contribution in [3.05, 3.63) is 6.08 Å².